The molecule has 0 aliphatic heterocycles. The van der Waals surface area contributed by atoms with Gasteiger partial charge in [-0.25, -0.2) is 0 Å². The number of aliphatic hydroxyl groups excluding tert-OH is 1. The van der Waals surface area contributed by atoms with Crippen molar-refractivity contribution in [2.45, 2.75) is 25.9 Å². The topological polar surface area (TPSA) is 57.5 Å². The molecular weight excluding hydrogens is 200 g/mol. The zero-order chi connectivity index (χ0) is 10.6. The summed E-state index contributed by atoms with van der Waals surface area (Å²) >= 11 is 1.49. The van der Waals surface area contributed by atoms with Gasteiger partial charge >= 0.3 is 5.97 Å². The number of aliphatic carboxylic acids is 1. The lowest BCUT2D eigenvalue weighted by atomic mass is 9.99. The van der Waals surface area contributed by atoms with Crippen molar-refractivity contribution < 1.29 is 15.0 Å². The predicted molar refractivity (Wildman–Crippen MR) is 55.3 cm³/mol. The van der Waals surface area contributed by atoms with E-state index in [1.54, 1.807) is 0 Å². The molecule has 0 fully saturated rings. The third-order valence-corrected chi connectivity index (χ3v) is 2.99. The first-order valence-electron chi connectivity index (χ1n) is 4.53. The lowest BCUT2D eigenvalue weighted by molar-refractivity contribution is -0.138. The first-order chi connectivity index (χ1) is 6.59. The van der Waals surface area contributed by atoms with Crippen molar-refractivity contribution in [1.82, 2.24) is 0 Å². The van der Waals surface area contributed by atoms with Crippen molar-refractivity contribution in [3.63, 3.8) is 0 Å². The lowest BCUT2D eigenvalue weighted by Gasteiger charge is -2.13. The van der Waals surface area contributed by atoms with E-state index in [0.29, 0.717) is 6.42 Å². The minimum absolute atomic E-state index is 0.00426. The number of hydrogen-bond acceptors (Lipinski definition) is 3. The molecule has 2 unspecified atom stereocenters. The predicted octanol–water partition coefficient (Wildman–Crippen LogP) is 2.28. The Labute approximate surface area is 87.0 Å². The fourth-order valence-electron chi connectivity index (χ4n) is 1.36. The fourth-order valence-corrected chi connectivity index (χ4v) is 2.08. The Bertz CT molecular complexity index is 282. The highest BCUT2D eigenvalue weighted by Crippen LogP contribution is 2.26. The summed E-state index contributed by atoms with van der Waals surface area (Å²) in [5, 5.41) is 20.2. The number of aliphatic hydroxyl groups is 1. The highest BCUT2D eigenvalue weighted by atomic mass is 32.1. The summed E-state index contributed by atoms with van der Waals surface area (Å²) in [6, 6.07) is 3.74. The summed E-state index contributed by atoms with van der Waals surface area (Å²) in [5.74, 6) is -0.805. The second-order valence-corrected chi connectivity index (χ2v) is 4.45. The second-order valence-electron chi connectivity index (χ2n) is 3.47. The molecule has 2 N–H and O–H groups in total. The van der Waals surface area contributed by atoms with Gasteiger partial charge < -0.3 is 10.2 Å². The maximum Gasteiger partial charge on any atom is 0.303 e. The number of carboxylic acids is 1. The molecule has 0 saturated carbocycles. The molecule has 14 heavy (non-hydrogen) atoms. The molecule has 1 aromatic rings. The largest absolute Gasteiger partial charge is 0.481 e. The van der Waals surface area contributed by atoms with Crippen LogP contribution in [0.2, 0.25) is 0 Å². The molecular formula is C10H14O3S. The normalized spacial score (nSPS) is 15.0. The standard InChI is InChI=1S/C10H14O3S/c1-7(6-10(12)13)5-8(11)9-3-2-4-14-9/h2-4,7-8,11H,5-6H2,1H3,(H,12,13). The van der Waals surface area contributed by atoms with Gasteiger partial charge in [0.25, 0.3) is 0 Å². The van der Waals surface area contributed by atoms with Crippen molar-refractivity contribution in [3.8, 4) is 0 Å². The molecule has 0 bridgehead atoms. The maximum atomic E-state index is 10.4. The number of thiophene rings is 1. The second kappa shape index (κ2) is 5.12. The monoisotopic (exact) mass is 214 g/mol. The Morgan fingerprint density at radius 2 is 2.36 bits per heavy atom. The van der Waals surface area contributed by atoms with Crippen molar-refractivity contribution in [2.24, 2.45) is 5.92 Å². The fraction of sp³-hybridized carbons (Fsp3) is 0.500. The zero-order valence-electron chi connectivity index (χ0n) is 8.01. The van der Waals surface area contributed by atoms with Gasteiger partial charge in [0.05, 0.1) is 6.10 Å². The van der Waals surface area contributed by atoms with E-state index < -0.39 is 12.1 Å². The third kappa shape index (κ3) is 3.47. The number of rotatable bonds is 5. The molecule has 0 aromatic carbocycles. The van der Waals surface area contributed by atoms with E-state index in [1.807, 2.05) is 24.4 Å². The molecule has 0 aliphatic rings. The quantitative estimate of drug-likeness (QED) is 0.790. The molecule has 0 radical (unpaired) electrons. The van der Waals surface area contributed by atoms with Crippen LogP contribution in [0.25, 0.3) is 0 Å². The smallest absolute Gasteiger partial charge is 0.303 e. The highest BCUT2D eigenvalue weighted by molar-refractivity contribution is 7.10. The van der Waals surface area contributed by atoms with Gasteiger partial charge in [0.1, 0.15) is 0 Å². The molecule has 1 rings (SSSR count). The Hall–Kier alpha value is -0.870. The molecule has 78 valence electrons. The molecule has 0 amide bonds. The molecule has 0 saturated heterocycles. The van der Waals surface area contributed by atoms with Gasteiger partial charge in [0.2, 0.25) is 0 Å². The van der Waals surface area contributed by atoms with E-state index in [9.17, 15) is 9.90 Å². The Kier molecular flexibility index (Phi) is 4.10. The Balaban J connectivity index is 2.41. The summed E-state index contributed by atoms with van der Waals surface area (Å²) in [6.07, 6.45) is 0.0965. The van der Waals surface area contributed by atoms with Crippen LogP contribution in [-0.4, -0.2) is 16.2 Å². The summed E-state index contributed by atoms with van der Waals surface area (Å²) in [5.41, 5.74) is 0. The number of carbonyl (C=O) groups is 1. The van der Waals surface area contributed by atoms with Crippen LogP contribution in [0.4, 0.5) is 0 Å². The Morgan fingerprint density at radius 3 is 2.86 bits per heavy atom. The van der Waals surface area contributed by atoms with Crippen LogP contribution in [0.3, 0.4) is 0 Å². The minimum atomic E-state index is -0.809. The molecule has 0 aliphatic carbocycles. The number of hydrogen-bond donors (Lipinski definition) is 2. The van der Waals surface area contributed by atoms with Gasteiger partial charge in [-0.05, 0) is 23.8 Å². The minimum Gasteiger partial charge on any atom is -0.481 e. The van der Waals surface area contributed by atoms with Crippen molar-refractivity contribution in [3.05, 3.63) is 22.4 Å². The van der Waals surface area contributed by atoms with Gasteiger partial charge in [-0.3, -0.25) is 4.79 Å². The van der Waals surface area contributed by atoms with E-state index >= 15 is 0 Å². The van der Waals surface area contributed by atoms with Crippen LogP contribution in [0, 0.1) is 5.92 Å². The first kappa shape index (κ1) is 11.2. The molecule has 2 atom stereocenters. The van der Waals surface area contributed by atoms with Crippen LogP contribution in [0.15, 0.2) is 17.5 Å². The van der Waals surface area contributed by atoms with Crippen molar-refractivity contribution >= 4 is 17.3 Å². The molecule has 0 spiro atoms. The van der Waals surface area contributed by atoms with Crippen LogP contribution >= 0.6 is 11.3 Å². The summed E-state index contributed by atoms with van der Waals surface area (Å²) in [7, 11) is 0. The van der Waals surface area contributed by atoms with Gasteiger partial charge in [-0.1, -0.05) is 13.0 Å². The Morgan fingerprint density at radius 1 is 1.64 bits per heavy atom. The summed E-state index contributed by atoms with van der Waals surface area (Å²) in [6.45, 7) is 1.84. The molecule has 1 heterocycles. The first-order valence-corrected chi connectivity index (χ1v) is 5.41. The zero-order valence-corrected chi connectivity index (χ0v) is 8.83. The van der Waals surface area contributed by atoms with Gasteiger partial charge in [-0.15, -0.1) is 11.3 Å². The SMILES string of the molecule is CC(CC(=O)O)CC(O)c1cccs1. The van der Waals surface area contributed by atoms with Crippen LogP contribution in [-0.2, 0) is 4.79 Å². The van der Waals surface area contributed by atoms with E-state index in [-0.39, 0.29) is 12.3 Å². The third-order valence-electron chi connectivity index (χ3n) is 2.02. The van der Waals surface area contributed by atoms with Gasteiger partial charge in [-0.2, -0.15) is 0 Å². The van der Waals surface area contributed by atoms with Gasteiger partial charge in [0, 0.05) is 11.3 Å². The van der Waals surface area contributed by atoms with Crippen molar-refractivity contribution in [2.75, 3.05) is 0 Å². The number of carboxylic acid groups (broad SMARTS) is 1. The molecule has 1 aromatic heterocycles. The molecule has 4 heteroatoms. The summed E-state index contributed by atoms with van der Waals surface area (Å²) in [4.78, 5) is 11.3. The van der Waals surface area contributed by atoms with Gasteiger partial charge in [0.15, 0.2) is 0 Å². The molecule has 3 nitrogen and oxygen atoms in total. The van der Waals surface area contributed by atoms with Crippen LogP contribution in [0.5, 0.6) is 0 Å². The van der Waals surface area contributed by atoms with E-state index in [0.717, 1.165) is 4.88 Å². The average Bonchev–Trinajstić information content (AvgIpc) is 2.53. The average molecular weight is 214 g/mol. The lowest BCUT2D eigenvalue weighted by Crippen LogP contribution is -2.08. The van der Waals surface area contributed by atoms with Crippen LogP contribution in [0.1, 0.15) is 30.7 Å². The van der Waals surface area contributed by atoms with E-state index in [1.165, 1.54) is 11.3 Å². The van der Waals surface area contributed by atoms with E-state index in [2.05, 4.69) is 0 Å². The summed E-state index contributed by atoms with van der Waals surface area (Å²) < 4.78 is 0. The maximum absolute atomic E-state index is 10.4. The van der Waals surface area contributed by atoms with Crippen LogP contribution < -0.4 is 0 Å². The van der Waals surface area contributed by atoms with E-state index in [4.69, 9.17) is 5.11 Å². The van der Waals surface area contributed by atoms with Crippen molar-refractivity contribution in [1.29, 1.82) is 0 Å². The highest BCUT2D eigenvalue weighted by Gasteiger charge is 2.15.